The molecule has 3 aromatic rings. The third-order valence-corrected chi connectivity index (χ3v) is 4.07. The van der Waals surface area contributed by atoms with Gasteiger partial charge in [-0.25, -0.2) is 0 Å². The average molecular weight is 377 g/mol. The van der Waals surface area contributed by atoms with Crippen LogP contribution in [0.4, 0.5) is 5.69 Å². The highest BCUT2D eigenvalue weighted by Crippen LogP contribution is 2.18. The number of ether oxygens (including phenoxy) is 1. The number of rotatable bonds is 8. The minimum absolute atomic E-state index is 0.0566. The molecule has 2 N–H and O–H groups in total. The van der Waals surface area contributed by atoms with Crippen LogP contribution in [0.1, 0.15) is 12.5 Å². The van der Waals surface area contributed by atoms with Crippen LogP contribution in [-0.4, -0.2) is 29.5 Å². The predicted octanol–water partition coefficient (Wildman–Crippen LogP) is 3.17. The Kier molecular flexibility index (Phi) is 6.46. The molecule has 0 aliphatic rings. The fourth-order valence-electron chi connectivity index (χ4n) is 2.74. The number of benzene rings is 2. The van der Waals surface area contributed by atoms with E-state index in [1.165, 1.54) is 0 Å². The monoisotopic (exact) mass is 377 g/mol. The summed E-state index contributed by atoms with van der Waals surface area (Å²) >= 11 is 0. The summed E-state index contributed by atoms with van der Waals surface area (Å²) in [5, 5.41) is 5.53. The van der Waals surface area contributed by atoms with Crippen LogP contribution in [-0.2, 0) is 16.0 Å². The Bertz CT molecular complexity index is 918. The fourth-order valence-corrected chi connectivity index (χ4v) is 2.74. The van der Waals surface area contributed by atoms with E-state index in [1.807, 2.05) is 60.3 Å². The molecule has 28 heavy (non-hydrogen) atoms. The second-order valence-corrected chi connectivity index (χ2v) is 6.25. The van der Waals surface area contributed by atoms with Gasteiger partial charge < -0.3 is 19.9 Å². The molecule has 3 rings (SSSR count). The molecular weight excluding hydrogens is 354 g/mol. The van der Waals surface area contributed by atoms with Crippen LogP contribution in [0.2, 0.25) is 0 Å². The molecule has 0 aliphatic heterocycles. The summed E-state index contributed by atoms with van der Waals surface area (Å²) in [5.41, 5.74) is 2.60. The zero-order valence-corrected chi connectivity index (χ0v) is 15.7. The van der Waals surface area contributed by atoms with E-state index in [0.29, 0.717) is 18.0 Å². The van der Waals surface area contributed by atoms with E-state index in [2.05, 4.69) is 10.6 Å². The molecule has 0 radical (unpaired) electrons. The van der Waals surface area contributed by atoms with Gasteiger partial charge in [0.2, 0.25) is 5.91 Å². The summed E-state index contributed by atoms with van der Waals surface area (Å²) in [6.45, 7) is 2.35. The maximum atomic E-state index is 12.3. The van der Waals surface area contributed by atoms with Gasteiger partial charge in [-0.2, -0.15) is 0 Å². The van der Waals surface area contributed by atoms with Crippen molar-refractivity contribution in [1.82, 2.24) is 9.88 Å². The number of hydrogen-bond donors (Lipinski definition) is 2. The molecule has 6 nitrogen and oxygen atoms in total. The van der Waals surface area contributed by atoms with Crippen molar-refractivity contribution in [3.63, 3.8) is 0 Å². The topological polar surface area (TPSA) is 72.4 Å². The summed E-state index contributed by atoms with van der Waals surface area (Å²) in [4.78, 5) is 23.8. The molecule has 0 spiro atoms. The van der Waals surface area contributed by atoms with Gasteiger partial charge in [0, 0.05) is 36.4 Å². The highest BCUT2D eigenvalue weighted by molar-refractivity contribution is 5.92. The van der Waals surface area contributed by atoms with Crippen molar-refractivity contribution < 1.29 is 14.3 Å². The number of anilines is 1. The van der Waals surface area contributed by atoms with Gasteiger partial charge in [-0.15, -0.1) is 0 Å². The standard InChI is InChI=1S/C22H23N3O3/c1-2-23-22(27)16-28-20-7-5-6-18(15-20)24-21(26)14-17-8-10-19(11-9-17)25-12-3-4-13-25/h3-13,15H,2,14,16H2,1H3,(H,23,27)(H,24,26). The van der Waals surface area contributed by atoms with Gasteiger partial charge in [0.1, 0.15) is 5.75 Å². The summed E-state index contributed by atoms with van der Waals surface area (Å²) in [7, 11) is 0. The quantitative estimate of drug-likeness (QED) is 0.633. The minimum Gasteiger partial charge on any atom is -0.484 e. The number of likely N-dealkylation sites (N-methyl/N-ethyl adjacent to an activating group) is 1. The number of nitrogens with zero attached hydrogens (tertiary/aromatic N) is 1. The maximum absolute atomic E-state index is 12.3. The first-order valence-electron chi connectivity index (χ1n) is 9.16. The van der Waals surface area contributed by atoms with Crippen LogP contribution in [0.25, 0.3) is 5.69 Å². The number of nitrogens with one attached hydrogen (secondary N) is 2. The third-order valence-electron chi connectivity index (χ3n) is 4.07. The second-order valence-electron chi connectivity index (χ2n) is 6.25. The second kappa shape index (κ2) is 9.41. The molecule has 1 heterocycles. The van der Waals surface area contributed by atoms with Crippen LogP contribution >= 0.6 is 0 Å². The van der Waals surface area contributed by atoms with Gasteiger partial charge in [0.15, 0.2) is 6.61 Å². The fraction of sp³-hybridized carbons (Fsp3) is 0.182. The minimum atomic E-state index is -0.180. The molecule has 0 aliphatic carbocycles. The lowest BCUT2D eigenvalue weighted by Crippen LogP contribution is -2.28. The van der Waals surface area contributed by atoms with E-state index in [4.69, 9.17) is 4.74 Å². The highest BCUT2D eigenvalue weighted by Gasteiger charge is 2.07. The van der Waals surface area contributed by atoms with Gasteiger partial charge in [0.25, 0.3) is 5.91 Å². The van der Waals surface area contributed by atoms with E-state index in [1.54, 1.807) is 24.3 Å². The van der Waals surface area contributed by atoms with Crippen molar-refractivity contribution in [2.24, 2.45) is 0 Å². The largest absolute Gasteiger partial charge is 0.484 e. The van der Waals surface area contributed by atoms with Crippen LogP contribution in [0, 0.1) is 0 Å². The molecule has 144 valence electrons. The first-order valence-corrected chi connectivity index (χ1v) is 9.16. The van der Waals surface area contributed by atoms with Crippen molar-refractivity contribution >= 4 is 17.5 Å². The molecule has 0 bridgehead atoms. The molecule has 0 saturated heterocycles. The molecule has 0 unspecified atom stereocenters. The number of amides is 2. The van der Waals surface area contributed by atoms with Crippen molar-refractivity contribution in [1.29, 1.82) is 0 Å². The molecular formula is C22H23N3O3. The predicted molar refractivity (Wildman–Crippen MR) is 109 cm³/mol. The molecule has 2 aromatic carbocycles. The first-order chi connectivity index (χ1) is 13.6. The van der Waals surface area contributed by atoms with E-state index < -0.39 is 0 Å². The smallest absolute Gasteiger partial charge is 0.257 e. The lowest BCUT2D eigenvalue weighted by atomic mass is 10.1. The van der Waals surface area contributed by atoms with Crippen molar-refractivity contribution in [2.75, 3.05) is 18.5 Å². The van der Waals surface area contributed by atoms with E-state index in [9.17, 15) is 9.59 Å². The Morgan fingerprint density at radius 2 is 1.71 bits per heavy atom. The normalized spacial score (nSPS) is 10.3. The average Bonchev–Trinajstić information content (AvgIpc) is 3.22. The maximum Gasteiger partial charge on any atom is 0.257 e. The zero-order chi connectivity index (χ0) is 19.8. The lowest BCUT2D eigenvalue weighted by Gasteiger charge is -2.10. The summed E-state index contributed by atoms with van der Waals surface area (Å²) in [6, 6.07) is 18.8. The molecule has 0 fully saturated rings. The van der Waals surface area contributed by atoms with Gasteiger partial charge >= 0.3 is 0 Å². The zero-order valence-electron chi connectivity index (χ0n) is 15.7. The number of aromatic nitrogens is 1. The van der Waals surface area contributed by atoms with Gasteiger partial charge in [-0.3, -0.25) is 9.59 Å². The summed E-state index contributed by atoms with van der Waals surface area (Å²) in [5.74, 6) is 0.231. The SMILES string of the molecule is CCNC(=O)COc1cccc(NC(=O)Cc2ccc(-n3cccc3)cc2)c1. The van der Waals surface area contributed by atoms with Crippen molar-refractivity contribution in [3.8, 4) is 11.4 Å². The van der Waals surface area contributed by atoms with Crippen LogP contribution in [0.5, 0.6) is 5.75 Å². The Morgan fingerprint density at radius 1 is 0.964 bits per heavy atom. The Hall–Kier alpha value is -3.54. The van der Waals surface area contributed by atoms with E-state index in [0.717, 1.165) is 11.3 Å². The lowest BCUT2D eigenvalue weighted by molar-refractivity contribution is -0.123. The van der Waals surface area contributed by atoms with Gasteiger partial charge in [-0.1, -0.05) is 18.2 Å². The van der Waals surface area contributed by atoms with Crippen molar-refractivity contribution in [3.05, 3.63) is 78.6 Å². The Morgan fingerprint density at radius 3 is 2.43 bits per heavy atom. The Balaban J connectivity index is 1.54. The molecule has 0 saturated carbocycles. The van der Waals surface area contributed by atoms with E-state index >= 15 is 0 Å². The molecule has 0 atom stereocenters. The molecule has 1 aromatic heterocycles. The third kappa shape index (κ3) is 5.48. The summed E-state index contributed by atoms with van der Waals surface area (Å²) < 4.78 is 7.45. The van der Waals surface area contributed by atoms with Gasteiger partial charge in [0.05, 0.1) is 6.42 Å². The number of carbonyl (C=O) groups is 2. The number of carbonyl (C=O) groups excluding carboxylic acids is 2. The Labute approximate surface area is 164 Å². The van der Waals surface area contributed by atoms with Crippen LogP contribution in [0.15, 0.2) is 73.1 Å². The van der Waals surface area contributed by atoms with Crippen molar-refractivity contribution in [2.45, 2.75) is 13.3 Å². The molecule has 6 heteroatoms. The summed E-state index contributed by atoms with van der Waals surface area (Å²) in [6.07, 6.45) is 4.22. The molecule has 2 amide bonds. The first kappa shape index (κ1) is 19.2. The van der Waals surface area contributed by atoms with Crippen LogP contribution < -0.4 is 15.4 Å². The highest BCUT2D eigenvalue weighted by atomic mass is 16.5. The van der Waals surface area contributed by atoms with E-state index in [-0.39, 0.29) is 24.8 Å². The number of hydrogen-bond acceptors (Lipinski definition) is 3. The van der Waals surface area contributed by atoms with Crippen LogP contribution in [0.3, 0.4) is 0 Å². The van der Waals surface area contributed by atoms with Gasteiger partial charge in [-0.05, 0) is 48.9 Å².